The summed E-state index contributed by atoms with van der Waals surface area (Å²) >= 11 is 0. The van der Waals surface area contributed by atoms with Crippen LogP contribution in [0.5, 0.6) is 0 Å². The van der Waals surface area contributed by atoms with Crippen molar-refractivity contribution in [2.75, 3.05) is 26.7 Å². The molecule has 0 aliphatic carbocycles. The maximum absolute atomic E-state index is 13.4. The average molecular weight is 483 g/mol. The highest BCUT2D eigenvalue weighted by molar-refractivity contribution is 5.96. The van der Waals surface area contributed by atoms with E-state index in [9.17, 15) is 19.2 Å². The standard InChI is InChI=1S/C24H30N6O5/c1-16(2)27-24(34)30-11-10-29(22(32)18-7-5-9-26-14-18)15-20(30)21(31)28-19(23(33)35-3)12-17-6-4-8-25-13-17/h4-9,13-14,16,19-20H,10-12,15H2,1-3H3,(H,27,34)(H,28,31). The number of carbonyl (C=O) groups excluding carboxylic acids is 4. The molecule has 11 heteroatoms. The Bertz CT molecular complexity index is 1030. The maximum Gasteiger partial charge on any atom is 0.328 e. The zero-order valence-corrected chi connectivity index (χ0v) is 20.0. The summed E-state index contributed by atoms with van der Waals surface area (Å²) in [6.07, 6.45) is 6.39. The predicted octanol–water partition coefficient (Wildman–Crippen LogP) is 0.622. The van der Waals surface area contributed by atoms with E-state index in [0.717, 1.165) is 5.56 Å². The second-order valence-corrected chi connectivity index (χ2v) is 8.46. The zero-order valence-electron chi connectivity index (χ0n) is 20.0. The van der Waals surface area contributed by atoms with Gasteiger partial charge in [-0.15, -0.1) is 0 Å². The van der Waals surface area contributed by atoms with Gasteiger partial charge in [0.1, 0.15) is 12.1 Å². The van der Waals surface area contributed by atoms with Gasteiger partial charge in [-0.2, -0.15) is 0 Å². The Kier molecular flexibility index (Phi) is 8.71. The van der Waals surface area contributed by atoms with Crippen molar-refractivity contribution in [2.45, 2.75) is 38.4 Å². The first-order valence-electron chi connectivity index (χ1n) is 11.3. The third-order valence-corrected chi connectivity index (χ3v) is 5.52. The van der Waals surface area contributed by atoms with E-state index in [0.29, 0.717) is 5.56 Å². The maximum atomic E-state index is 13.4. The van der Waals surface area contributed by atoms with E-state index < -0.39 is 30.0 Å². The van der Waals surface area contributed by atoms with Crippen LogP contribution in [0.15, 0.2) is 49.1 Å². The van der Waals surface area contributed by atoms with Gasteiger partial charge in [0, 0.05) is 50.3 Å². The second kappa shape index (κ2) is 11.9. The molecule has 2 atom stereocenters. The van der Waals surface area contributed by atoms with Gasteiger partial charge >= 0.3 is 12.0 Å². The van der Waals surface area contributed by atoms with Crippen LogP contribution in [-0.4, -0.2) is 88.5 Å². The number of nitrogens with one attached hydrogen (secondary N) is 2. The SMILES string of the molecule is COC(=O)C(Cc1cccnc1)NC(=O)C1CN(C(=O)c2cccnc2)CCN1C(=O)NC(C)C. The number of piperazine rings is 1. The minimum absolute atomic E-state index is 0.0359. The van der Waals surface area contributed by atoms with Gasteiger partial charge in [-0.3, -0.25) is 19.6 Å². The predicted molar refractivity (Wildman–Crippen MR) is 126 cm³/mol. The number of hydrogen-bond acceptors (Lipinski definition) is 7. The van der Waals surface area contributed by atoms with Crippen LogP contribution in [0.25, 0.3) is 0 Å². The fourth-order valence-corrected chi connectivity index (χ4v) is 3.79. The fraction of sp³-hybridized carbons (Fsp3) is 0.417. The van der Waals surface area contributed by atoms with E-state index >= 15 is 0 Å². The first-order valence-corrected chi connectivity index (χ1v) is 11.3. The van der Waals surface area contributed by atoms with Gasteiger partial charge in [-0.1, -0.05) is 6.07 Å². The summed E-state index contributed by atoms with van der Waals surface area (Å²) in [4.78, 5) is 62.6. The quantitative estimate of drug-likeness (QED) is 0.553. The first-order chi connectivity index (χ1) is 16.8. The molecule has 0 bridgehead atoms. The summed E-state index contributed by atoms with van der Waals surface area (Å²) in [5.74, 6) is -1.48. The number of ether oxygens (including phenoxy) is 1. The van der Waals surface area contributed by atoms with Crippen LogP contribution in [0.3, 0.4) is 0 Å². The molecule has 0 saturated carbocycles. The van der Waals surface area contributed by atoms with Gasteiger partial charge in [0.05, 0.1) is 19.2 Å². The zero-order chi connectivity index (χ0) is 25.4. The molecule has 0 aromatic carbocycles. The molecule has 1 aliphatic heterocycles. The number of rotatable bonds is 7. The molecule has 35 heavy (non-hydrogen) atoms. The summed E-state index contributed by atoms with van der Waals surface area (Å²) in [6, 6.07) is 4.25. The number of amides is 4. The summed E-state index contributed by atoms with van der Waals surface area (Å²) < 4.78 is 4.88. The van der Waals surface area contributed by atoms with Crippen molar-refractivity contribution >= 4 is 23.8 Å². The molecule has 3 heterocycles. The second-order valence-electron chi connectivity index (χ2n) is 8.46. The normalized spacial score (nSPS) is 16.4. The number of nitrogens with zero attached hydrogens (tertiary/aromatic N) is 4. The number of carbonyl (C=O) groups is 4. The molecule has 1 fully saturated rings. The summed E-state index contributed by atoms with van der Waals surface area (Å²) in [5, 5.41) is 5.50. The average Bonchev–Trinajstić information content (AvgIpc) is 2.87. The van der Waals surface area contributed by atoms with E-state index in [2.05, 4.69) is 20.6 Å². The highest BCUT2D eigenvalue weighted by Gasteiger charge is 2.39. The molecule has 4 amide bonds. The van der Waals surface area contributed by atoms with Crippen molar-refractivity contribution in [3.63, 3.8) is 0 Å². The molecule has 2 aromatic rings. The number of methoxy groups -OCH3 is 1. The number of urea groups is 1. The summed E-state index contributed by atoms with van der Waals surface area (Å²) in [6.45, 7) is 3.99. The Morgan fingerprint density at radius 2 is 1.77 bits per heavy atom. The molecule has 1 aliphatic rings. The summed E-state index contributed by atoms with van der Waals surface area (Å²) in [5.41, 5.74) is 1.12. The van der Waals surface area contributed by atoms with Crippen molar-refractivity contribution in [2.24, 2.45) is 0 Å². The summed E-state index contributed by atoms with van der Waals surface area (Å²) in [7, 11) is 1.24. The number of aromatic nitrogens is 2. The number of pyridine rings is 2. The van der Waals surface area contributed by atoms with E-state index in [1.165, 1.54) is 23.1 Å². The smallest absolute Gasteiger partial charge is 0.328 e. The molecule has 3 rings (SSSR count). The Hall–Kier alpha value is -4.02. The van der Waals surface area contributed by atoms with Crippen molar-refractivity contribution in [3.05, 3.63) is 60.2 Å². The lowest BCUT2D eigenvalue weighted by Gasteiger charge is -2.41. The van der Waals surface area contributed by atoms with Crippen molar-refractivity contribution < 1.29 is 23.9 Å². The molecule has 0 spiro atoms. The van der Waals surface area contributed by atoms with Crippen LogP contribution < -0.4 is 10.6 Å². The minimum Gasteiger partial charge on any atom is -0.467 e. The van der Waals surface area contributed by atoms with E-state index in [4.69, 9.17) is 4.74 Å². The van der Waals surface area contributed by atoms with Crippen molar-refractivity contribution in [1.82, 2.24) is 30.4 Å². The van der Waals surface area contributed by atoms with Gasteiger partial charge < -0.3 is 25.2 Å². The van der Waals surface area contributed by atoms with Gasteiger partial charge in [0.2, 0.25) is 5.91 Å². The van der Waals surface area contributed by atoms with Crippen molar-refractivity contribution in [3.8, 4) is 0 Å². The van der Waals surface area contributed by atoms with Gasteiger partial charge in [-0.25, -0.2) is 9.59 Å². The van der Waals surface area contributed by atoms with E-state index in [1.54, 1.807) is 42.9 Å². The van der Waals surface area contributed by atoms with Crippen LogP contribution in [-0.2, 0) is 20.7 Å². The number of hydrogen-bond donors (Lipinski definition) is 2. The Labute approximate surface area is 203 Å². The lowest BCUT2D eigenvalue weighted by molar-refractivity contribution is -0.145. The molecule has 2 unspecified atom stereocenters. The third kappa shape index (κ3) is 6.75. The van der Waals surface area contributed by atoms with Crippen molar-refractivity contribution in [1.29, 1.82) is 0 Å². The van der Waals surface area contributed by atoms with E-state index in [1.807, 2.05) is 13.8 Å². The Balaban J connectivity index is 1.82. The molecule has 2 N–H and O–H groups in total. The lowest BCUT2D eigenvalue weighted by Crippen LogP contribution is -2.64. The fourth-order valence-electron chi connectivity index (χ4n) is 3.79. The lowest BCUT2D eigenvalue weighted by atomic mass is 10.1. The molecule has 11 nitrogen and oxygen atoms in total. The Morgan fingerprint density at radius 1 is 1.06 bits per heavy atom. The highest BCUT2D eigenvalue weighted by atomic mass is 16.5. The number of esters is 1. The largest absolute Gasteiger partial charge is 0.467 e. The molecule has 0 radical (unpaired) electrons. The molecule has 2 aromatic heterocycles. The first kappa shape index (κ1) is 25.6. The monoisotopic (exact) mass is 482 g/mol. The topological polar surface area (TPSA) is 134 Å². The molecular weight excluding hydrogens is 452 g/mol. The van der Waals surface area contributed by atoms with Gasteiger partial charge in [0.25, 0.3) is 5.91 Å². The van der Waals surface area contributed by atoms with Crippen LogP contribution in [0.1, 0.15) is 29.8 Å². The van der Waals surface area contributed by atoms with Gasteiger partial charge in [-0.05, 0) is 37.6 Å². The van der Waals surface area contributed by atoms with E-state index in [-0.39, 0.29) is 38.0 Å². The Morgan fingerprint density at radius 3 is 2.37 bits per heavy atom. The van der Waals surface area contributed by atoms with Crippen LogP contribution >= 0.6 is 0 Å². The highest BCUT2D eigenvalue weighted by Crippen LogP contribution is 2.15. The minimum atomic E-state index is -1.01. The third-order valence-electron chi connectivity index (χ3n) is 5.52. The van der Waals surface area contributed by atoms with Crippen LogP contribution in [0.4, 0.5) is 4.79 Å². The van der Waals surface area contributed by atoms with Crippen LogP contribution in [0, 0.1) is 0 Å². The molecule has 186 valence electrons. The molecule has 1 saturated heterocycles. The molecular formula is C24H30N6O5. The van der Waals surface area contributed by atoms with Crippen LogP contribution in [0.2, 0.25) is 0 Å². The van der Waals surface area contributed by atoms with Gasteiger partial charge in [0.15, 0.2) is 0 Å².